The molecule has 0 aromatic heterocycles. The Morgan fingerprint density at radius 2 is 1.70 bits per heavy atom. The standard InChI is InChI=1S/C15H12Cl2N2O/c1-20-14-4-2-13(3-5-14)19-15(9-18)10-6-11(16)8-12(17)7-10/h2-8,15,19H,1H3. The van der Waals surface area contributed by atoms with Gasteiger partial charge in [0.2, 0.25) is 0 Å². The molecule has 0 bridgehead atoms. The Labute approximate surface area is 127 Å². The summed E-state index contributed by atoms with van der Waals surface area (Å²) in [5, 5.41) is 13.4. The van der Waals surface area contributed by atoms with E-state index >= 15 is 0 Å². The van der Waals surface area contributed by atoms with Gasteiger partial charge in [0.15, 0.2) is 0 Å². The molecule has 0 aliphatic heterocycles. The van der Waals surface area contributed by atoms with Crippen molar-refractivity contribution in [1.82, 2.24) is 0 Å². The second-order valence-corrected chi connectivity index (χ2v) is 5.01. The third-order valence-electron chi connectivity index (χ3n) is 2.75. The van der Waals surface area contributed by atoms with Crippen molar-refractivity contribution in [3.63, 3.8) is 0 Å². The quantitative estimate of drug-likeness (QED) is 0.892. The number of methoxy groups -OCH3 is 1. The number of hydrogen-bond acceptors (Lipinski definition) is 3. The molecular formula is C15H12Cl2N2O. The molecule has 0 aliphatic rings. The molecule has 2 rings (SSSR count). The highest BCUT2D eigenvalue weighted by Gasteiger charge is 2.12. The van der Waals surface area contributed by atoms with Gasteiger partial charge in [0, 0.05) is 15.7 Å². The molecule has 5 heteroatoms. The van der Waals surface area contributed by atoms with Gasteiger partial charge in [-0.3, -0.25) is 0 Å². The lowest BCUT2D eigenvalue weighted by molar-refractivity contribution is 0.415. The molecule has 0 amide bonds. The Bertz CT molecular complexity index is 615. The van der Waals surface area contributed by atoms with Gasteiger partial charge >= 0.3 is 0 Å². The van der Waals surface area contributed by atoms with Gasteiger partial charge in [0.05, 0.1) is 13.2 Å². The lowest BCUT2D eigenvalue weighted by Gasteiger charge is -2.14. The van der Waals surface area contributed by atoms with Crippen molar-refractivity contribution in [2.75, 3.05) is 12.4 Å². The SMILES string of the molecule is COc1ccc(NC(C#N)c2cc(Cl)cc(Cl)c2)cc1. The van der Waals surface area contributed by atoms with Crippen LogP contribution in [-0.2, 0) is 0 Å². The predicted molar refractivity (Wildman–Crippen MR) is 81.4 cm³/mol. The van der Waals surface area contributed by atoms with Crippen LogP contribution in [0.5, 0.6) is 5.75 Å². The Hall–Kier alpha value is -1.89. The first-order chi connectivity index (χ1) is 9.62. The fraction of sp³-hybridized carbons (Fsp3) is 0.133. The zero-order valence-corrected chi connectivity index (χ0v) is 12.2. The van der Waals surface area contributed by atoms with Gasteiger partial charge in [0.25, 0.3) is 0 Å². The van der Waals surface area contributed by atoms with Crippen LogP contribution in [0.25, 0.3) is 0 Å². The predicted octanol–water partition coefficient (Wildman–Crippen LogP) is 4.68. The van der Waals surface area contributed by atoms with Crippen molar-refractivity contribution in [3.05, 3.63) is 58.1 Å². The molecule has 0 heterocycles. The summed E-state index contributed by atoms with van der Waals surface area (Å²) in [5.74, 6) is 0.759. The molecule has 0 fully saturated rings. The van der Waals surface area contributed by atoms with Crippen LogP contribution in [-0.4, -0.2) is 7.11 Å². The molecule has 20 heavy (non-hydrogen) atoms. The molecule has 0 spiro atoms. The Kier molecular flexibility index (Phi) is 4.73. The molecule has 0 aliphatic carbocycles. The number of nitrogens with one attached hydrogen (secondary N) is 1. The third kappa shape index (κ3) is 3.57. The van der Waals surface area contributed by atoms with Gasteiger partial charge in [0.1, 0.15) is 11.8 Å². The number of nitriles is 1. The molecule has 3 nitrogen and oxygen atoms in total. The summed E-state index contributed by atoms with van der Waals surface area (Å²) in [4.78, 5) is 0. The first-order valence-electron chi connectivity index (χ1n) is 5.88. The number of benzene rings is 2. The molecule has 0 saturated heterocycles. The van der Waals surface area contributed by atoms with E-state index in [4.69, 9.17) is 27.9 Å². The minimum atomic E-state index is -0.528. The highest BCUT2D eigenvalue weighted by atomic mass is 35.5. The third-order valence-corrected chi connectivity index (χ3v) is 3.18. The van der Waals surface area contributed by atoms with Crippen LogP contribution in [0, 0.1) is 11.3 Å². The van der Waals surface area contributed by atoms with E-state index in [-0.39, 0.29) is 0 Å². The number of anilines is 1. The molecule has 2 aromatic carbocycles. The first kappa shape index (κ1) is 14.5. The van der Waals surface area contributed by atoms with Gasteiger partial charge in [-0.25, -0.2) is 0 Å². The van der Waals surface area contributed by atoms with Crippen LogP contribution in [0.2, 0.25) is 10.0 Å². The maximum absolute atomic E-state index is 9.30. The van der Waals surface area contributed by atoms with Crippen LogP contribution >= 0.6 is 23.2 Å². The number of nitrogens with zero attached hydrogens (tertiary/aromatic N) is 1. The van der Waals surface area contributed by atoms with E-state index in [2.05, 4.69) is 11.4 Å². The molecule has 2 aromatic rings. The monoisotopic (exact) mass is 306 g/mol. The van der Waals surface area contributed by atoms with Gasteiger partial charge < -0.3 is 10.1 Å². The van der Waals surface area contributed by atoms with E-state index in [1.54, 1.807) is 25.3 Å². The highest BCUT2D eigenvalue weighted by Crippen LogP contribution is 2.26. The Morgan fingerprint density at radius 3 is 2.20 bits per heavy atom. The van der Waals surface area contributed by atoms with Crippen molar-refractivity contribution in [2.45, 2.75) is 6.04 Å². The van der Waals surface area contributed by atoms with E-state index in [1.807, 2.05) is 24.3 Å². The van der Waals surface area contributed by atoms with E-state index in [1.165, 1.54) is 0 Å². The number of halogens is 2. The molecule has 1 unspecified atom stereocenters. The zero-order chi connectivity index (χ0) is 14.5. The van der Waals surface area contributed by atoms with Gasteiger partial charge in [-0.15, -0.1) is 0 Å². The van der Waals surface area contributed by atoms with Crippen LogP contribution in [0.3, 0.4) is 0 Å². The average Bonchev–Trinajstić information content (AvgIpc) is 2.44. The summed E-state index contributed by atoms with van der Waals surface area (Å²) in [6, 6.07) is 14.1. The number of ether oxygens (including phenoxy) is 1. The maximum Gasteiger partial charge on any atom is 0.140 e. The summed E-state index contributed by atoms with van der Waals surface area (Å²) >= 11 is 11.9. The normalized spacial score (nSPS) is 11.5. The molecular weight excluding hydrogens is 295 g/mol. The van der Waals surface area contributed by atoms with E-state index in [9.17, 15) is 5.26 Å². The summed E-state index contributed by atoms with van der Waals surface area (Å²) in [7, 11) is 1.61. The van der Waals surface area contributed by atoms with Crippen molar-refractivity contribution < 1.29 is 4.74 Å². The van der Waals surface area contributed by atoms with Crippen LogP contribution in [0.1, 0.15) is 11.6 Å². The summed E-state index contributed by atoms with van der Waals surface area (Å²) in [6.07, 6.45) is 0. The molecule has 0 saturated carbocycles. The maximum atomic E-state index is 9.30. The van der Waals surface area contributed by atoms with Gasteiger partial charge in [-0.1, -0.05) is 23.2 Å². The summed E-state index contributed by atoms with van der Waals surface area (Å²) in [5.41, 5.74) is 1.54. The summed E-state index contributed by atoms with van der Waals surface area (Å²) < 4.78 is 5.09. The zero-order valence-electron chi connectivity index (χ0n) is 10.7. The molecule has 1 atom stereocenters. The largest absolute Gasteiger partial charge is 0.497 e. The number of rotatable bonds is 4. The minimum absolute atomic E-state index is 0.504. The number of hydrogen-bond donors (Lipinski definition) is 1. The van der Waals surface area contributed by atoms with Crippen molar-refractivity contribution in [3.8, 4) is 11.8 Å². The Morgan fingerprint density at radius 1 is 1.10 bits per heavy atom. The smallest absolute Gasteiger partial charge is 0.140 e. The first-order valence-corrected chi connectivity index (χ1v) is 6.64. The second kappa shape index (κ2) is 6.51. The van der Waals surface area contributed by atoms with Crippen molar-refractivity contribution >= 4 is 28.9 Å². The van der Waals surface area contributed by atoms with E-state index < -0.39 is 6.04 Å². The highest BCUT2D eigenvalue weighted by molar-refractivity contribution is 6.34. The molecule has 1 N–H and O–H groups in total. The Balaban J connectivity index is 2.22. The van der Waals surface area contributed by atoms with Gasteiger partial charge in [-0.2, -0.15) is 5.26 Å². The van der Waals surface area contributed by atoms with Gasteiger partial charge in [-0.05, 0) is 48.0 Å². The molecule has 102 valence electrons. The van der Waals surface area contributed by atoms with E-state index in [0.29, 0.717) is 10.0 Å². The van der Waals surface area contributed by atoms with Crippen LogP contribution in [0.15, 0.2) is 42.5 Å². The van der Waals surface area contributed by atoms with E-state index in [0.717, 1.165) is 17.0 Å². The topological polar surface area (TPSA) is 45.0 Å². The lowest BCUT2D eigenvalue weighted by atomic mass is 10.1. The average molecular weight is 307 g/mol. The fourth-order valence-corrected chi connectivity index (χ4v) is 2.33. The fourth-order valence-electron chi connectivity index (χ4n) is 1.79. The summed E-state index contributed by atoms with van der Waals surface area (Å²) in [6.45, 7) is 0. The second-order valence-electron chi connectivity index (χ2n) is 4.14. The lowest BCUT2D eigenvalue weighted by Crippen LogP contribution is -2.08. The van der Waals surface area contributed by atoms with Crippen LogP contribution < -0.4 is 10.1 Å². The molecule has 0 radical (unpaired) electrons. The minimum Gasteiger partial charge on any atom is -0.497 e. The van der Waals surface area contributed by atoms with Crippen molar-refractivity contribution in [2.24, 2.45) is 0 Å². The van der Waals surface area contributed by atoms with Crippen molar-refractivity contribution in [1.29, 1.82) is 5.26 Å². The van der Waals surface area contributed by atoms with Crippen LogP contribution in [0.4, 0.5) is 5.69 Å².